The average Bonchev–Trinajstić information content (AvgIpc) is 2.87. The second-order valence-electron chi connectivity index (χ2n) is 4.26. The second-order valence-corrected chi connectivity index (χ2v) is 5.10. The summed E-state index contributed by atoms with van der Waals surface area (Å²) in [5, 5.41) is 3.20. The fourth-order valence-corrected chi connectivity index (χ4v) is 3.04. The van der Waals surface area contributed by atoms with Gasteiger partial charge in [0.1, 0.15) is 0 Å². The molecule has 0 N–H and O–H groups in total. The third-order valence-electron chi connectivity index (χ3n) is 3.20. The summed E-state index contributed by atoms with van der Waals surface area (Å²) in [6.07, 6.45) is 2.72. The van der Waals surface area contributed by atoms with Crippen LogP contribution in [0.4, 0.5) is 5.13 Å². The van der Waals surface area contributed by atoms with Crippen molar-refractivity contribution in [1.29, 1.82) is 0 Å². The van der Waals surface area contributed by atoms with Crippen LogP contribution in [0, 0.1) is 5.92 Å². The van der Waals surface area contributed by atoms with Gasteiger partial charge >= 0.3 is 5.97 Å². The first kappa shape index (κ1) is 12.4. The molecular formula is C12H18N2O2S. The van der Waals surface area contributed by atoms with Crippen molar-refractivity contribution in [3.05, 3.63) is 11.1 Å². The predicted octanol–water partition coefficient (Wildman–Crippen LogP) is 2.09. The van der Waals surface area contributed by atoms with Crippen LogP contribution in [0.3, 0.4) is 0 Å². The van der Waals surface area contributed by atoms with Crippen molar-refractivity contribution in [2.75, 3.05) is 25.1 Å². The molecule has 1 aromatic rings. The zero-order valence-corrected chi connectivity index (χ0v) is 11.1. The van der Waals surface area contributed by atoms with E-state index in [1.165, 1.54) is 7.11 Å². The lowest BCUT2D eigenvalue weighted by Crippen LogP contribution is -2.36. The monoisotopic (exact) mass is 254 g/mol. The third kappa shape index (κ3) is 2.77. The molecule has 0 aromatic carbocycles. The quantitative estimate of drug-likeness (QED) is 0.775. The Bertz CT molecular complexity index is 384. The van der Waals surface area contributed by atoms with E-state index in [-0.39, 0.29) is 11.9 Å². The van der Waals surface area contributed by atoms with Crippen molar-refractivity contribution in [2.45, 2.75) is 26.2 Å². The van der Waals surface area contributed by atoms with Gasteiger partial charge in [0.2, 0.25) is 0 Å². The summed E-state index contributed by atoms with van der Waals surface area (Å²) in [4.78, 5) is 18.2. The maximum atomic E-state index is 11.4. The minimum absolute atomic E-state index is 0.0712. The number of nitrogens with zero attached hydrogens (tertiary/aromatic N) is 2. The van der Waals surface area contributed by atoms with E-state index in [1.807, 2.05) is 0 Å². The van der Waals surface area contributed by atoms with E-state index in [9.17, 15) is 4.79 Å². The molecule has 94 valence electrons. The smallest absolute Gasteiger partial charge is 0.308 e. The van der Waals surface area contributed by atoms with Crippen LogP contribution in [0.1, 0.15) is 25.5 Å². The summed E-state index contributed by atoms with van der Waals surface area (Å²) < 4.78 is 4.78. The van der Waals surface area contributed by atoms with E-state index < -0.39 is 0 Å². The number of hydrogen-bond acceptors (Lipinski definition) is 5. The van der Waals surface area contributed by atoms with E-state index in [1.54, 1.807) is 11.3 Å². The molecule has 0 spiro atoms. The number of ether oxygens (including phenoxy) is 1. The van der Waals surface area contributed by atoms with Crippen LogP contribution in [0.2, 0.25) is 0 Å². The van der Waals surface area contributed by atoms with Crippen LogP contribution >= 0.6 is 11.3 Å². The summed E-state index contributed by atoms with van der Waals surface area (Å²) in [6.45, 7) is 3.91. The second kappa shape index (κ2) is 5.49. The van der Waals surface area contributed by atoms with Crippen LogP contribution in [0.15, 0.2) is 5.38 Å². The molecule has 2 rings (SSSR count). The molecule has 0 atom stereocenters. The minimum Gasteiger partial charge on any atom is -0.469 e. The Labute approximate surface area is 106 Å². The van der Waals surface area contributed by atoms with Crippen molar-refractivity contribution in [3.8, 4) is 0 Å². The number of carbonyl (C=O) groups excluding carboxylic acids is 1. The maximum Gasteiger partial charge on any atom is 0.308 e. The van der Waals surface area contributed by atoms with E-state index in [2.05, 4.69) is 22.2 Å². The van der Waals surface area contributed by atoms with Gasteiger partial charge in [-0.3, -0.25) is 4.79 Å². The molecule has 0 bridgehead atoms. The largest absolute Gasteiger partial charge is 0.469 e. The molecule has 1 aliphatic rings. The number of thiazole rings is 1. The van der Waals surface area contributed by atoms with Gasteiger partial charge in [-0.15, -0.1) is 11.3 Å². The van der Waals surface area contributed by atoms with Crippen molar-refractivity contribution in [1.82, 2.24) is 4.98 Å². The molecule has 1 aliphatic heterocycles. The van der Waals surface area contributed by atoms with Crippen molar-refractivity contribution >= 4 is 22.4 Å². The number of anilines is 1. The fourth-order valence-electron chi connectivity index (χ4n) is 2.08. The van der Waals surface area contributed by atoms with Gasteiger partial charge in [-0.1, -0.05) is 6.92 Å². The zero-order chi connectivity index (χ0) is 12.3. The van der Waals surface area contributed by atoms with Gasteiger partial charge in [0.05, 0.1) is 18.7 Å². The summed E-state index contributed by atoms with van der Waals surface area (Å²) in [5.74, 6) is -0.0000983. The average molecular weight is 254 g/mol. The lowest BCUT2D eigenvalue weighted by Gasteiger charge is -2.30. The molecule has 0 unspecified atom stereocenters. The van der Waals surface area contributed by atoms with Gasteiger partial charge in [-0.05, 0) is 19.3 Å². The van der Waals surface area contributed by atoms with Crippen LogP contribution in [-0.4, -0.2) is 31.2 Å². The lowest BCUT2D eigenvalue weighted by molar-refractivity contribution is -0.146. The van der Waals surface area contributed by atoms with E-state index >= 15 is 0 Å². The molecule has 0 radical (unpaired) electrons. The number of piperidine rings is 1. The zero-order valence-electron chi connectivity index (χ0n) is 10.3. The highest BCUT2D eigenvalue weighted by Gasteiger charge is 2.26. The summed E-state index contributed by atoms with van der Waals surface area (Å²) >= 11 is 1.69. The molecule has 2 heterocycles. The Morgan fingerprint density at radius 2 is 2.29 bits per heavy atom. The predicted molar refractivity (Wildman–Crippen MR) is 68.4 cm³/mol. The summed E-state index contributed by atoms with van der Waals surface area (Å²) in [7, 11) is 1.46. The molecular weight excluding hydrogens is 236 g/mol. The highest BCUT2D eigenvalue weighted by Crippen LogP contribution is 2.26. The first-order valence-corrected chi connectivity index (χ1v) is 6.89. The standard InChI is InChI=1S/C12H18N2O2S/c1-3-10-8-17-12(13-10)14-6-4-9(5-7-14)11(15)16-2/h8-9H,3-7H2,1-2H3. The third-order valence-corrected chi connectivity index (χ3v) is 4.15. The first-order chi connectivity index (χ1) is 8.24. The van der Waals surface area contributed by atoms with Crippen molar-refractivity contribution in [3.63, 3.8) is 0 Å². The maximum absolute atomic E-state index is 11.4. The van der Waals surface area contributed by atoms with Gasteiger partial charge in [0.15, 0.2) is 5.13 Å². The SMILES string of the molecule is CCc1csc(N2CCC(C(=O)OC)CC2)n1. The van der Waals surface area contributed by atoms with Gasteiger partial charge in [0.25, 0.3) is 0 Å². The van der Waals surface area contributed by atoms with Crippen molar-refractivity contribution in [2.24, 2.45) is 5.92 Å². The Balaban J connectivity index is 1.92. The Morgan fingerprint density at radius 1 is 1.59 bits per heavy atom. The Hall–Kier alpha value is -1.10. The molecule has 0 saturated carbocycles. The van der Waals surface area contributed by atoms with Gasteiger partial charge < -0.3 is 9.64 Å². The van der Waals surface area contributed by atoms with Crippen molar-refractivity contribution < 1.29 is 9.53 Å². The van der Waals surface area contributed by atoms with E-state index in [0.29, 0.717) is 0 Å². The summed E-state index contributed by atoms with van der Waals surface area (Å²) in [6, 6.07) is 0. The van der Waals surface area contributed by atoms with Crippen LogP contribution in [0.5, 0.6) is 0 Å². The fraction of sp³-hybridized carbons (Fsp3) is 0.667. The number of carbonyl (C=O) groups is 1. The molecule has 4 nitrogen and oxygen atoms in total. The molecule has 1 aromatic heterocycles. The Morgan fingerprint density at radius 3 is 2.82 bits per heavy atom. The molecule has 0 aliphatic carbocycles. The summed E-state index contributed by atoms with van der Waals surface area (Å²) in [5.41, 5.74) is 1.15. The number of rotatable bonds is 3. The van der Waals surface area contributed by atoms with Crippen LogP contribution in [0.25, 0.3) is 0 Å². The Kier molecular flexibility index (Phi) is 3.99. The topological polar surface area (TPSA) is 42.4 Å². The van der Waals surface area contributed by atoms with E-state index in [4.69, 9.17) is 4.74 Å². The number of methoxy groups -OCH3 is 1. The first-order valence-electron chi connectivity index (χ1n) is 6.01. The molecule has 0 amide bonds. The highest BCUT2D eigenvalue weighted by atomic mass is 32.1. The minimum atomic E-state index is -0.0713. The number of esters is 1. The number of hydrogen-bond donors (Lipinski definition) is 0. The van der Waals surface area contributed by atoms with Crippen LogP contribution < -0.4 is 4.90 Å². The molecule has 5 heteroatoms. The van der Waals surface area contributed by atoms with E-state index in [0.717, 1.165) is 43.2 Å². The number of aryl methyl sites for hydroxylation is 1. The number of aromatic nitrogens is 1. The lowest BCUT2D eigenvalue weighted by atomic mass is 9.97. The molecule has 1 fully saturated rings. The highest BCUT2D eigenvalue weighted by molar-refractivity contribution is 7.13. The van der Waals surface area contributed by atoms with Gasteiger partial charge in [-0.25, -0.2) is 4.98 Å². The normalized spacial score (nSPS) is 17.2. The van der Waals surface area contributed by atoms with Crippen LogP contribution in [-0.2, 0) is 16.0 Å². The van der Waals surface area contributed by atoms with Gasteiger partial charge in [0, 0.05) is 18.5 Å². The van der Waals surface area contributed by atoms with Gasteiger partial charge in [-0.2, -0.15) is 0 Å². The molecule has 17 heavy (non-hydrogen) atoms. The molecule has 1 saturated heterocycles.